The van der Waals surface area contributed by atoms with Crippen LogP contribution in [-0.2, 0) is 6.54 Å². The molecule has 0 saturated carbocycles. The molecule has 0 bridgehead atoms. The van der Waals surface area contributed by atoms with E-state index >= 15 is 0 Å². The zero-order valence-electron chi connectivity index (χ0n) is 12.5. The molecule has 110 valence electrons. The van der Waals surface area contributed by atoms with Gasteiger partial charge in [-0.05, 0) is 49.5 Å². The van der Waals surface area contributed by atoms with Gasteiger partial charge in [0, 0.05) is 6.54 Å². The molecule has 20 heavy (non-hydrogen) atoms. The van der Waals surface area contributed by atoms with Crippen molar-refractivity contribution in [3.63, 3.8) is 0 Å². The summed E-state index contributed by atoms with van der Waals surface area (Å²) >= 11 is 0. The number of hydrogen-bond acceptors (Lipinski definition) is 3. The van der Waals surface area contributed by atoms with Gasteiger partial charge < -0.3 is 10.5 Å². The van der Waals surface area contributed by atoms with Crippen LogP contribution < -0.4 is 10.5 Å². The Morgan fingerprint density at radius 2 is 2.10 bits per heavy atom. The molecule has 2 rings (SSSR count). The molecule has 1 aromatic carbocycles. The summed E-state index contributed by atoms with van der Waals surface area (Å²) in [4.78, 5) is 2.49. The molecule has 0 atom stereocenters. The van der Waals surface area contributed by atoms with Crippen LogP contribution in [-0.4, -0.2) is 30.9 Å². The Labute approximate surface area is 121 Å². The van der Waals surface area contributed by atoms with Gasteiger partial charge in [-0.25, -0.2) is 0 Å². The number of rotatable bonds is 5. The topological polar surface area (TPSA) is 62.3 Å². The third-order valence-electron chi connectivity index (χ3n) is 4.25. The second kappa shape index (κ2) is 6.75. The van der Waals surface area contributed by atoms with Crippen molar-refractivity contribution in [2.24, 2.45) is 11.7 Å². The molecule has 0 unspecified atom stereocenters. The molecule has 1 aliphatic rings. The largest absolute Gasteiger partial charge is 0.496 e. The highest BCUT2D eigenvalue weighted by Gasteiger charge is 2.18. The highest BCUT2D eigenvalue weighted by atomic mass is 16.5. The summed E-state index contributed by atoms with van der Waals surface area (Å²) in [5, 5.41) is 7.53. The molecule has 1 saturated heterocycles. The van der Waals surface area contributed by atoms with Crippen molar-refractivity contribution in [3.05, 3.63) is 29.3 Å². The first-order chi connectivity index (χ1) is 9.63. The third-order valence-corrected chi connectivity index (χ3v) is 4.25. The van der Waals surface area contributed by atoms with E-state index in [4.69, 9.17) is 15.9 Å². The van der Waals surface area contributed by atoms with Crippen molar-refractivity contribution in [3.8, 4) is 5.75 Å². The minimum Gasteiger partial charge on any atom is -0.496 e. The van der Waals surface area contributed by atoms with Crippen molar-refractivity contribution in [2.75, 3.05) is 20.2 Å². The van der Waals surface area contributed by atoms with Crippen LogP contribution in [0.5, 0.6) is 5.75 Å². The molecule has 0 aromatic heterocycles. The molecule has 1 fully saturated rings. The first-order valence-corrected chi connectivity index (χ1v) is 7.37. The number of piperidine rings is 1. The van der Waals surface area contributed by atoms with Crippen molar-refractivity contribution in [1.82, 2.24) is 4.90 Å². The van der Waals surface area contributed by atoms with Crippen molar-refractivity contribution >= 4 is 5.84 Å². The molecule has 0 amide bonds. The van der Waals surface area contributed by atoms with E-state index in [1.165, 1.54) is 37.9 Å². The molecule has 4 nitrogen and oxygen atoms in total. The SMILES string of the molecule is CCC1CCN(Cc2ccc(C(=N)N)c(OC)c2)CC1. The number of hydrogen-bond donors (Lipinski definition) is 2. The molecule has 1 aromatic rings. The summed E-state index contributed by atoms with van der Waals surface area (Å²) in [7, 11) is 1.62. The Morgan fingerprint density at radius 3 is 2.65 bits per heavy atom. The van der Waals surface area contributed by atoms with Gasteiger partial charge in [0.25, 0.3) is 0 Å². The minimum absolute atomic E-state index is 0.0529. The molecular formula is C16H25N3O. The average molecular weight is 275 g/mol. The fraction of sp³-hybridized carbons (Fsp3) is 0.562. The van der Waals surface area contributed by atoms with Gasteiger partial charge in [-0.2, -0.15) is 0 Å². The molecule has 3 N–H and O–H groups in total. The van der Waals surface area contributed by atoms with E-state index in [2.05, 4.69) is 11.8 Å². The van der Waals surface area contributed by atoms with E-state index < -0.39 is 0 Å². The van der Waals surface area contributed by atoms with Crippen LogP contribution in [0.15, 0.2) is 18.2 Å². The molecule has 1 aliphatic heterocycles. The van der Waals surface area contributed by atoms with Crippen LogP contribution in [0.1, 0.15) is 37.3 Å². The number of nitrogens with one attached hydrogen (secondary N) is 1. The molecule has 0 aliphatic carbocycles. The van der Waals surface area contributed by atoms with Crippen LogP contribution in [0.25, 0.3) is 0 Å². The number of amidine groups is 1. The van der Waals surface area contributed by atoms with Gasteiger partial charge in [-0.3, -0.25) is 10.3 Å². The summed E-state index contributed by atoms with van der Waals surface area (Å²) in [5.74, 6) is 1.65. The van der Waals surface area contributed by atoms with E-state index in [-0.39, 0.29) is 5.84 Å². The number of ether oxygens (including phenoxy) is 1. The predicted octanol–water partition coefficient (Wildman–Crippen LogP) is 2.60. The minimum atomic E-state index is 0.0529. The quantitative estimate of drug-likeness (QED) is 0.641. The van der Waals surface area contributed by atoms with Gasteiger partial charge in [-0.1, -0.05) is 19.4 Å². The number of methoxy groups -OCH3 is 1. The lowest BCUT2D eigenvalue weighted by Gasteiger charge is -2.31. The number of nitrogen functional groups attached to an aromatic ring is 1. The molecule has 4 heteroatoms. The van der Waals surface area contributed by atoms with Gasteiger partial charge in [0.15, 0.2) is 0 Å². The van der Waals surface area contributed by atoms with Crippen LogP contribution >= 0.6 is 0 Å². The van der Waals surface area contributed by atoms with Crippen molar-refractivity contribution in [1.29, 1.82) is 5.41 Å². The first-order valence-electron chi connectivity index (χ1n) is 7.37. The van der Waals surface area contributed by atoms with E-state index in [1.807, 2.05) is 18.2 Å². The monoisotopic (exact) mass is 275 g/mol. The summed E-state index contributed by atoms with van der Waals surface area (Å²) in [6, 6.07) is 5.93. The lowest BCUT2D eigenvalue weighted by atomic mass is 9.94. The van der Waals surface area contributed by atoms with E-state index in [1.54, 1.807) is 7.11 Å². The highest BCUT2D eigenvalue weighted by Crippen LogP contribution is 2.24. The normalized spacial score (nSPS) is 17.1. The Bertz CT molecular complexity index is 465. The first kappa shape index (κ1) is 14.9. The standard InChI is InChI=1S/C16H25N3O/c1-3-12-6-8-19(9-7-12)11-13-4-5-14(16(17)18)15(10-13)20-2/h4-5,10,12H,3,6-9,11H2,1-2H3,(H3,17,18). The van der Waals surface area contributed by atoms with Crippen molar-refractivity contribution in [2.45, 2.75) is 32.7 Å². The Morgan fingerprint density at radius 1 is 1.40 bits per heavy atom. The lowest BCUT2D eigenvalue weighted by molar-refractivity contribution is 0.175. The zero-order chi connectivity index (χ0) is 14.5. The van der Waals surface area contributed by atoms with E-state index in [0.29, 0.717) is 11.3 Å². The van der Waals surface area contributed by atoms with Crippen molar-refractivity contribution < 1.29 is 4.74 Å². The third kappa shape index (κ3) is 3.51. The second-order valence-electron chi connectivity index (χ2n) is 5.58. The lowest BCUT2D eigenvalue weighted by Crippen LogP contribution is -2.33. The number of benzene rings is 1. The molecule has 0 radical (unpaired) electrons. The fourth-order valence-corrected chi connectivity index (χ4v) is 2.87. The Hall–Kier alpha value is -1.55. The summed E-state index contributed by atoms with van der Waals surface area (Å²) in [6.45, 7) is 5.58. The maximum Gasteiger partial charge on any atom is 0.130 e. The van der Waals surface area contributed by atoms with Gasteiger partial charge in [0.05, 0.1) is 12.7 Å². The predicted molar refractivity (Wildman–Crippen MR) is 82.3 cm³/mol. The van der Waals surface area contributed by atoms with E-state index in [9.17, 15) is 0 Å². The summed E-state index contributed by atoms with van der Waals surface area (Å²) in [5.41, 5.74) is 7.44. The van der Waals surface area contributed by atoms with Gasteiger partial charge in [0.2, 0.25) is 0 Å². The molecule has 1 heterocycles. The average Bonchev–Trinajstić information content (AvgIpc) is 2.47. The number of likely N-dealkylation sites (tertiary alicyclic amines) is 1. The Kier molecular flexibility index (Phi) is 5.01. The van der Waals surface area contributed by atoms with Crippen LogP contribution in [0.3, 0.4) is 0 Å². The zero-order valence-corrected chi connectivity index (χ0v) is 12.5. The maximum absolute atomic E-state index is 7.53. The summed E-state index contributed by atoms with van der Waals surface area (Å²) < 4.78 is 5.33. The fourth-order valence-electron chi connectivity index (χ4n) is 2.87. The number of nitrogens with zero attached hydrogens (tertiary/aromatic N) is 1. The smallest absolute Gasteiger partial charge is 0.130 e. The second-order valence-corrected chi connectivity index (χ2v) is 5.58. The maximum atomic E-state index is 7.53. The molecular weight excluding hydrogens is 250 g/mol. The summed E-state index contributed by atoms with van der Waals surface area (Å²) in [6.07, 6.45) is 3.91. The van der Waals surface area contributed by atoms with Crippen LogP contribution in [0, 0.1) is 11.3 Å². The van der Waals surface area contributed by atoms with E-state index in [0.717, 1.165) is 12.5 Å². The van der Waals surface area contributed by atoms with Gasteiger partial charge in [0.1, 0.15) is 11.6 Å². The van der Waals surface area contributed by atoms with Crippen LogP contribution in [0.4, 0.5) is 0 Å². The Balaban J connectivity index is 2.01. The van der Waals surface area contributed by atoms with Gasteiger partial charge in [-0.15, -0.1) is 0 Å². The molecule has 0 spiro atoms. The number of nitrogens with two attached hydrogens (primary N) is 1. The van der Waals surface area contributed by atoms with Crippen LogP contribution in [0.2, 0.25) is 0 Å². The highest BCUT2D eigenvalue weighted by molar-refractivity contribution is 5.97. The van der Waals surface area contributed by atoms with Gasteiger partial charge >= 0.3 is 0 Å².